The van der Waals surface area contributed by atoms with Crippen LogP contribution in [0.5, 0.6) is 17.2 Å². The van der Waals surface area contributed by atoms with Crippen molar-refractivity contribution in [3.05, 3.63) is 60.9 Å². The summed E-state index contributed by atoms with van der Waals surface area (Å²) in [5, 5.41) is 2.76. The normalized spacial score (nSPS) is 10.6. The fourth-order valence-electron chi connectivity index (χ4n) is 3.58. The Hall–Kier alpha value is -4.20. The number of rotatable bonds is 6. The first kappa shape index (κ1) is 21.0. The number of imidazole rings is 1. The fourth-order valence-corrected chi connectivity index (χ4v) is 3.58. The molecular weight excluding hydrogens is 410 g/mol. The summed E-state index contributed by atoms with van der Waals surface area (Å²) >= 11 is 0. The van der Waals surface area contributed by atoms with Gasteiger partial charge in [0.05, 0.1) is 46.0 Å². The molecule has 0 atom stereocenters. The third-order valence-corrected chi connectivity index (χ3v) is 5.13. The van der Waals surface area contributed by atoms with Crippen molar-refractivity contribution >= 4 is 17.4 Å². The van der Waals surface area contributed by atoms with Gasteiger partial charge < -0.3 is 18.9 Å². The van der Waals surface area contributed by atoms with Gasteiger partial charge >= 0.3 is 6.09 Å². The van der Waals surface area contributed by atoms with Crippen molar-refractivity contribution < 1.29 is 23.7 Å². The Labute approximate surface area is 185 Å². The Kier molecular flexibility index (Phi) is 5.85. The number of amides is 1. The average Bonchev–Trinajstić information content (AvgIpc) is 3.27. The lowest BCUT2D eigenvalue weighted by molar-refractivity contribution is 0.187. The summed E-state index contributed by atoms with van der Waals surface area (Å²) in [5.74, 6) is 1.95. The number of hydrogen-bond donors (Lipinski definition) is 1. The number of ether oxygens (including phenoxy) is 4. The van der Waals surface area contributed by atoms with E-state index in [0.717, 1.165) is 22.4 Å². The van der Waals surface area contributed by atoms with Crippen LogP contribution in [0.2, 0.25) is 0 Å². The van der Waals surface area contributed by atoms with E-state index in [2.05, 4.69) is 10.3 Å². The smallest absolute Gasteiger partial charge is 0.411 e. The molecule has 8 heteroatoms. The zero-order chi connectivity index (χ0) is 22.7. The Morgan fingerprint density at radius 1 is 0.875 bits per heavy atom. The summed E-state index contributed by atoms with van der Waals surface area (Å²) in [7, 11) is 6.12. The topological polar surface area (TPSA) is 83.3 Å². The second kappa shape index (κ2) is 8.89. The molecule has 0 aliphatic heterocycles. The van der Waals surface area contributed by atoms with Crippen LogP contribution in [0.3, 0.4) is 0 Å². The first-order valence-corrected chi connectivity index (χ1v) is 9.81. The van der Waals surface area contributed by atoms with Crippen LogP contribution < -0.4 is 19.5 Å². The Bertz CT molecular complexity index is 1280. The Morgan fingerprint density at radius 2 is 1.62 bits per heavy atom. The lowest BCUT2D eigenvalue weighted by atomic mass is 10.1. The van der Waals surface area contributed by atoms with Crippen molar-refractivity contribution in [2.75, 3.05) is 33.8 Å². The predicted molar refractivity (Wildman–Crippen MR) is 122 cm³/mol. The molecule has 4 rings (SSSR count). The number of hydrogen-bond acceptors (Lipinski definition) is 6. The minimum Gasteiger partial charge on any atom is -0.496 e. The van der Waals surface area contributed by atoms with Crippen LogP contribution in [0.25, 0.3) is 28.0 Å². The second-order valence-corrected chi connectivity index (χ2v) is 6.87. The fraction of sp³-hybridized carbons (Fsp3) is 0.167. The highest BCUT2D eigenvalue weighted by Gasteiger charge is 2.17. The van der Waals surface area contributed by atoms with E-state index in [1.807, 2.05) is 59.1 Å². The molecule has 0 fully saturated rings. The molecule has 2 aromatic heterocycles. The minimum atomic E-state index is -0.584. The quantitative estimate of drug-likeness (QED) is 0.467. The number of methoxy groups -OCH3 is 4. The molecule has 1 N–H and O–H groups in total. The van der Waals surface area contributed by atoms with Gasteiger partial charge in [0.1, 0.15) is 5.75 Å². The number of fused-ring (bicyclic) bond motifs is 1. The molecule has 8 nitrogen and oxygen atoms in total. The Morgan fingerprint density at radius 3 is 2.34 bits per heavy atom. The van der Waals surface area contributed by atoms with E-state index in [0.29, 0.717) is 28.6 Å². The van der Waals surface area contributed by atoms with Crippen LogP contribution in [0.15, 0.2) is 60.9 Å². The molecule has 0 radical (unpaired) electrons. The molecule has 0 saturated carbocycles. The van der Waals surface area contributed by atoms with Crippen LogP contribution in [-0.4, -0.2) is 43.9 Å². The number of pyridine rings is 1. The summed E-state index contributed by atoms with van der Waals surface area (Å²) in [5.41, 5.74) is 4.46. The van der Waals surface area contributed by atoms with Gasteiger partial charge in [0.2, 0.25) is 0 Å². The van der Waals surface area contributed by atoms with Gasteiger partial charge in [0.25, 0.3) is 0 Å². The number of carbonyl (C=O) groups excluding carboxylic acids is 1. The van der Waals surface area contributed by atoms with Gasteiger partial charge in [-0.15, -0.1) is 0 Å². The van der Waals surface area contributed by atoms with Crippen molar-refractivity contribution in [3.63, 3.8) is 0 Å². The molecule has 164 valence electrons. The third-order valence-electron chi connectivity index (χ3n) is 5.13. The van der Waals surface area contributed by atoms with Crippen molar-refractivity contribution in [2.24, 2.45) is 0 Å². The van der Waals surface area contributed by atoms with E-state index in [1.165, 1.54) is 7.11 Å². The zero-order valence-corrected chi connectivity index (χ0v) is 18.2. The predicted octanol–water partition coefficient (Wildman–Crippen LogP) is 4.87. The molecule has 0 saturated heterocycles. The number of anilines is 1. The minimum absolute atomic E-state index is 0.506. The summed E-state index contributed by atoms with van der Waals surface area (Å²) in [6.07, 6.45) is 3.11. The molecule has 0 aliphatic rings. The van der Waals surface area contributed by atoms with Gasteiger partial charge in [-0.05, 0) is 30.3 Å². The summed E-state index contributed by atoms with van der Waals surface area (Å²) < 4.78 is 23.1. The second-order valence-electron chi connectivity index (χ2n) is 6.87. The SMILES string of the molecule is COC(=O)Nc1cc(-c2ccccc2OC)cn2c(-c3ccc(OC)c(OC)c3)cnc12. The average molecular weight is 433 g/mol. The van der Waals surface area contributed by atoms with Gasteiger partial charge in [0, 0.05) is 22.9 Å². The van der Waals surface area contributed by atoms with E-state index in [1.54, 1.807) is 27.5 Å². The van der Waals surface area contributed by atoms with E-state index in [-0.39, 0.29) is 0 Å². The summed E-state index contributed by atoms with van der Waals surface area (Å²) in [4.78, 5) is 16.5. The molecule has 2 heterocycles. The maximum atomic E-state index is 12.0. The number of para-hydroxylation sites is 1. The maximum absolute atomic E-state index is 12.0. The standard InChI is InChI=1S/C24H23N3O5/c1-29-20-8-6-5-7-17(20)16-11-18(26-24(28)32-4)23-25-13-19(27(23)14-16)15-9-10-21(30-2)22(12-15)31-3/h5-14H,1-4H3,(H,26,28). The maximum Gasteiger partial charge on any atom is 0.411 e. The molecule has 0 spiro atoms. The lowest BCUT2D eigenvalue weighted by Gasteiger charge is -2.14. The number of carbonyl (C=O) groups is 1. The summed E-state index contributed by atoms with van der Waals surface area (Å²) in [6, 6.07) is 15.2. The molecule has 2 aromatic carbocycles. The highest BCUT2D eigenvalue weighted by atomic mass is 16.5. The van der Waals surface area contributed by atoms with Gasteiger partial charge in [-0.25, -0.2) is 9.78 Å². The van der Waals surface area contributed by atoms with Crippen LogP contribution in [0, 0.1) is 0 Å². The van der Waals surface area contributed by atoms with Crippen LogP contribution in [0.4, 0.5) is 10.5 Å². The first-order valence-electron chi connectivity index (χ1n) is 9.81. The molecule has 0 bridgehead atoms. The highest BCUT2D eigenvalue weighted by molar-refractivity contribution is 5.92. The molecule has 4 aromatic rings. The van der Waals surface area contributed by atoms with Gasteiger partial charge in [0.15, 0.2) is 17.1 Å². The molecular formula is C24H23N3O5. The van der Waals surface area contributed by atoms with E-state index in [4.69, 9.17) is 18.9 Å². The number of aromatic nitrogens is 2. The van der Waals surface area contributed by atoms with Gasteiger partial charge in [-0.2, -0.15) is 0 Å². The van der Waals surface area contributed by atoms with E-state index >= 15 is 0 Å². The van der Waals surface area contributed by atoms with Crippen LogP contribution >= 0.6 is 0 Å². The van der Waals surface area contributed by atoms with E-state index in [9.17, 15) is 4.79 Å². The Balaban J connectivity index is 1.95. The van der Waals surface area contributed by atoms with Crippen molar-refractivity contribution in [1.29, 1.82) is 0 Å². The van der Waals surface area contributed by atoms with Crippen molar-refractivity contribution in [2.45, 2.75) is 0 Å². The molecule has 1 amide bonds. The van der Waals surface area contributed by atoms with Crippen molar-refractivity contribution in [3.8, 4) is 39.6 Å². The third kappa shape index (κ3) is 3.78. The van der Waals surface area contributed by atoms with Gasteiger partial charge in [-0.3, -0.25) is 9.72 Å². The monoisotopic (exact) mass is 433 g/mol. The largest absolute Gasteiger partial charge is 0.496 e. The molecule has 32 heavy (non-hydrogen) atoms. The van der Waals surface area contributed by atoms with Crippen molar-refractivity contribution in [1.82, 2.24) is 9.38 Å². The van der Waals surface area contributed by atoms with Gasteiger partial charge in [-0.1, -0.05) is 18.2 Å². The van der Waals surface area contributed by atoms with Crippen LogP contribution in [-0.2, 0) is 4.74 Å². The first-order chi connectivity index (χ1) is 15.6. The van der Waals surface area contributed by atoms with Crippen LogP contribution in [0.1, 0.15) is 0 Å². The summed E-state index contributed by atoms with van der Waals surface area (Å²) in [6.45, 7) is 0. The number of benzene rings is 2. The number of nitrogens with one attached hydrogen (secondary N) is 1. The van der Waals surface area contributed by atoms with E-state index < -0.39 is 6.09 Å². The lowest BCUT2D eigenvalue weighted by Crippen LogP contribution is -2.12. The highest BCUT2D eigenvalue weighted by Crippen LogP contribution is 2.36. The molecule has 0 unspecified atom stereocenters. The molecule has 0 aliphatic carbocycles. The zero-order valence-electron chi connectivity index (χ0n) is 18.2. The number of nitrogens with zero attached hydrogens (tertiary/aromatic N) is 2.